The number of carbonyl (C=O) groups excluding carboxylic acids is 1. The van der Waals surface area contributed by atoms with Crippen molar-refractivity contribution in [1.82, 2.24) is 20.5 Å². The van der Waals surface area contributed by atoms with E-state index in [9.17, 15) is 9.18 Å². The second-order valence-corrected chi connectivity index (χ2v) is 8.19. The van der Waals surface area contributed by atoms with Crippen molar-refractivity contribution >= 4 is 52.9 Å². The molecule has 2 N–H and O–H groups in total. The molecule has 1 aromatic heterocycles. The van der Waals surface area contributed by atoms with E-state index in [1.54, 1.807) is 30.5 Å². The molecule has 2 aromatic rings. The van der Waals surface area contributed by atoms with Crippen LogP contribution in [0.15, 0.2) is 34.6 Å². The van der Waals surface area contributed by atoms with Gasteiger partial charge in [0, 0.05) is 70.2 Å². The number of rotatable bonds is 7. The second-order valence-electron chi connectivity index (χ2n) is 7.13. The summed E-state index contributed by atoms with van der Waals surface area (Å²) in [6.07, 6.45) is 1.25. The van der Waals surface area contributed by atoms with Gasteiger partial charge in [-0.15, -0.1) is 35.3 Å². The first kappa shape index (κ1) is 25.3. The maximum atomic E-state index is 13.1. The predicted octanol–water partition coefficient (Wildman–Crippen LogP) is 2.66. The summed E-state index contributed by atoms with van der Waals surface area (Å²) in [4.78, 5) is 25.2. The Kier molecular flexibility index (Phi) is 10.4. The zero-order chi connectivity index (χ0) is 21.3. The van der Waals surface area contributed by atoms with Crippen LogP contribution in [0.25, 0.3) is 0 Å². The van der Waals surface area contributed by atoms with Crippen molar-refractivity contribution in [3.05, 3.63) is 46.2 Å². The molecule has 1 aliphatic heterocycles. The van der Waals surface area contributed by atoms with Gasteiger partial charge in [0.15, 0.2) is 5.96 Å². The van der Waals surface area contributed by atoms with E-state index < -0.39 is 0 Å². The lowest BCUT2D eigenvalue weighted by Crippen LogP contribution is -2.49. The average Bonchev–Trinajstić information content (AvgIpc) is 3.18. The first-order valence-corrected chi connectivity index (χ1v) is 11.1. The largest absolute Gasteiger partial charge is 0.368 e. The maximum absolute atomic E-state index is 13.1. The van der Waals surface area contributed by atoms with Gasteiger partial charge in [-0.2, -0.15) is 0 Å². The number of anilines is 1. The molecule has 31 heavy (non-hydrogen) atoms. The minimum Gasteiger partial charge on any atom is -0.368 e. The Balaban J connectivity index is 0.00000341. The van der Waals surface area contributed by atoms with Gasteiger partial charge in [-0.3, -0.25) is 9.79 Å². The number of thiazole rings is 1. The second kappa shape index (κ2) is 12.8. The maximum Gasteiger partial charge on any atom is 0.224 e. The van der Waals surface area contributed by atoms with Crippen LogP contribution in [0.1, 0.15) is 17.1 Å². The topological polar surface area (TPSA) is 72.9 Å². The number of hydrogen-bond donors (Lipinski definition) is 2. The van der Waals surface area contributed by atoms with Crippen LogP contribution < -0.4 is 15.5 Å². The number of amides is 1. The molecule has 170 valence electrons. The van der Waals surface area contributed by atoms with E-state index in [2.05, 4.69) is 30.9 Å². The fourth-order valence-corrected chi connectivity index (χ4v) is 4.01. The molecule has 0 spiro atoms. The number of aliphatic imine (C=N–C) groups is 1. The van der Waals surface area contributed by atoms with Crippen LogP contribution in [0.3, 0.4) is 0 Å². The zero-order valence-corrected chi connectivity index (χ0v) is 21.1. The molecule has 7 nitrogen and oxygen atoms in total. The molecule has 0 bridgehead atoms. The third-order valence-corrected chi connectivity index (χ3v) is 5.84. The van der Waals surface area contributed by atoms with Crippen molar-refractivity contribution in [2.45, 2.75) is 19.8 Å². The third kappa shape index (κ3) is 7.91. The predicted molar refractivity (Wildman–Crippen MR) is 135 cm³/mol. The van der Waals surface area contributed by atoms with Gasteiger partial charge < -0.3 is 20.4 Å². The van der Waals surface area contributed by atoms with Crippen molar-refractivity contribution in [2.24, 2.45) is 4.99 Å². The number of nitrogens with zero attached hydrogens (tertiary/aromatic N) is 4. The molecular weight excluding hydrogens is 530 g/mol. The van der Waals surface area contributed by atoms with Crippen LogP contribution >= 0.6 is 35.3 Å². The van der Waals surface area contributed by atoms with Gasteiger partial charge in [-0.25, -0.2) is 9.37 Å². The Bertz CT molecular complexity index is 852. The van der Waals surface area contributed by atoms with Gasteiger partial charge in [0.25, 0.3) is 0 Å². The number of aromatic nitrogens is 1. The van der Waals surface area contributed by atoms with E-state index in [1.807, 2.05) is 11.8 Å². The van der Waals surface area contributed by atoms with Crippen molar-refractivity contribution in [3.63, 3.8) is 0 Å². The fraction of sp³-hybridized carbons (Fsp3) is 0.476. The Hall–Kier alpha value is -1.95. The standard InChI is InChI=1S/C21H29FN6OS.HI/c1-16-26-18(15-30-16)7-9-24-21(23-2)25-10-8-20(29)28-13-11-27(12-14-28)19-5-3-17(22)4-6-19;/h3-6,15H,7-14H2,1-2H3,(H2,23,24,25);1H. The lowest BCUT2D eigenvalue weighted by Gasteiger charge is -2.36. The summed E-state index contributed by atoms with van der Waals surface area (Å²) in [7, 11) is 1.72. The number of hydrogen-bond acceptors (Lipinski definition) is 5. The monoisotopic (exact) mass is 560 g/mol. The highest BCUT2D eigenvalue weighted by atomic mass is 127. The summed E-state index contributed by atoms with van der Waals surface area (Å²) in [5.74, 6) is 0.591. The molecule has 0 unspecified atom stereocenters. The summed E-state index contributed by atoms with van der Waals surface area (Å²) < 4.78 is 13.1. The molecule has 1 saturated heterocycles. The number of nitrogens with one attached hydrogen (secondary N) is 2. The summed E-state index contributed by atoms with van der Waals surface area (Å²) in [5.41, 5.74) is 2.07. The van der Waals surface area contributed by atoms with Gasteiger partial charge >= 0.3 is 0 Å². The molecule has 2 heterocycles. The van der Waals surface area contributed by atoms with Crippen molar-refractivity contribution in [2.75, 3.05) is 51.2 Å². The lowest BCUT2D eigenvalue weighted by atomic mass is 10.2. The number of carbonyl (C=O) groups is 1. The highest BCUT2D eigenvalue weighted by Crippen LogP contribution is 2.17. The van der Waals surface area contributed by atoms with E-state index >= 15 is 0 Å². The molecule has 1 aliphatic rings. The number of aryl methyl sites for hydroxylation is 1. The van der Waals surface area contributed by atoms with Crippen molar-refractivity contribution in [3.8, 4) is 0 Å². The SMILES string of the molecule is CN=C(NCCC(=O)N1CCN(c2ccc(F)cc2)CC1)NCCc1csc(C)n1.I. The number of guanidine groups is 1. The summed E-state index contributed by atoms with van der Waals surface area (Å²) in [6.45, 7) is 6.14. The average molecular weight is 560 g/mol. The van der Waals surface area contributed by atoms with Gasteiger partial charge in [-0.1, -0.05) is 0 Å². The van der Waals surface area contributed by atoms with E-state index in [1.165, 1.54) is 12.1 Å². The van der Waals surface area contributed by atoms with Crippen LogP contribution in [0, 0.1) is 12.7 Å². The Morgan fingerprint density at radius 3 is 2.45 bits per heavy atom. The smallest absolute Gasteiger partial charge is 0.224 e. The Morgan fingerprint density at radius 1 is 1.16 bits per heavy atom. The Labute approximate surface area is 204 Å². The van der Waals surface area contributed by atoms with Gasteiger partial charge in [-0.05, 0) is 31.2 Å². The third-order valence-electron chi connectivity index (χ3n) is 5.02. The first-order chi connectivity index (χ1) is 14.5. The lowest BCUT2D eigenvalue weighted by molar-refractivity contribution is -0.131. The molecule has 1 amide bonds. The van der Waals surface area contributed by atoms with E-state index in [-0.39, 0.29) is 35.7 Å². The van der Waals surface area contributed by atoms with E-state index in [0.717, 1.165) is 42.4 Å². The molecule has 1 aromatic carbocycles. The molecule has 10 heteroatoms. The minimum absolute atomic E-state index is 0. The fourth-order valence-electron chi connectivity index (χ4n) is 3.36. The molecular formula is C21H30FIN6OS. The first-order valence-electron chi connectivity index (χ1n) is 10.2. The number of piperazine rings is 1. The van der Waals surface area contributed by atoms with Gasteiger partial charge in [0.05, 0.1) is 10.7 Å². The normalized spacial score (nSPS) is 14.2. The highest BCUT2D eigenvalue weighted by Gasteiger charge is 2.21. The minimum atomic E-state index is -0.234. The van der Waals surface area contributed by atoms with E-state index in [0.29, 0.717) is 32.0 Å². The highest BCUT2D eigenvalue weighted by molar-refractivity contribution is 14.0. The molecule has 3 rings (SSSR count). The number of benzene rings is 1. The van der Waals surface area contributed by atoms with E-state index in [4.69, 9.17) is 0 Å². The molecule has 0 atom stereocenters. The molecule has 0 radical (unpaired) electrons. The Morgan fingerprint density at radius 2 is 1.84 bits per heavy atom. The van der Waals surface area contributed by atoms with Crippen LogP contribution in [-0.4, -0.2) is 68.1 Å². The van der Waals surface area contributed by atoms with Crippen LogP contribution in [0.5, 0.6) is 0 Å². The molecule has 0 saturated carbocycles. The quantitative estimate of drug-likeness (QED) is 0.310. The summed E-state index contributed by atoms with van der Waals surface area (Å²) in [6, 6.07) is 6.50. The van der Waals surface area contributed by atoms with Crippen LogP contribution in [0.2, 0.25) is 0 Å². The summed E-state index contributed by atoms with van der Waals surface area (Å²) in [5, 5.41) is 9.60. The van der Waals surface area contributed by atoms with Crippen molar-refractivity contribution < 1.29 is 9.18 Å². The van der Waals surface area contributed by atoms with Gasteiger partial charge in [0.1, 0.15) is 5.82 Å². The summed E-state index contributed by atoms with van der Waals surface area (Å²) >= 11 is 1.65. The number of halogens is 2. The molecule has 1 fully saturated rings. The molecule has 0 aliphatic carbocycles. The van der Waals surface area contributed by atoms with Crippen molar-refractivity contribution in [1.29, 1.82) is 0 Å². The van der Waals surface area contributed by atoms with Crippen LogP contribution in [-0.2, 0) is 11.2 Å². The van der Waals surface area contributed by atoms with Crippen LogP contribution in [0.4, 0.5) is 10.1 Å². The van der Waals surface area contributed by atoms with Gasteiger partial charge in [0.2, 0.25) is 5.91 Å². The zero-order valence-electron chi connectivity index (χ0n) is 17.9.